The smallest absolute Gasteiger partial charge is 0.271 e. The first-order chi connectivity index (χ1) is 13.5. The van der Waals surface area contributed by atoms with Crippen molar-refractivity contribution < 1.29 is 14.7 Å². The fourth-order valence-corrected chi connectivity index (χ4v) is 3.40. The van der Waals surface area contributed by atoms with Gasteiger partial charge in [0.2, 0.25) is 5.78 Å². The third kappa shape index (κ3) is 2.73. The van der Waals surface area contributed by atoms with Crippen LogP contribution in [0.1, 0.15) is 22.8 Å². The largest absolute Gasteiger partial charge is 0.508 e. The summed E-state index contributed by atoms with van der Waals surface area (Å²) in [5.74, 6) is -0.857. The molecule has 1 aliphatic rings. The van der Waals surface area contributed by atoms with Crippen molar-refractivity contribution in [3.63, 3.8) is 0 Å². The Morgan fingerprint density at radius 3 is 2.57 bits per heavy atom. The van der Waals surface area contributed by atoms with Gasteiger partial charge in [-0.25, -0.2) is 0 Å². The van der Waals surface area contributed by atoms with E-state index in [0.717, 1.165) is 0 Å². The minimum atomic E-state index is -0.466. The zero-order chi connectivity index (χ0) is 19.8. The van der Waals surface area contributed by atoms with Crippen LogP contribution in [0.5, 0.6) is 5.75 Å². The number of anilines is 1. The molecule has 4 rings (SSSR count). The number of rotatable bonds is 2. The number of benzene rings is 2. The number of aromatic hydroxyl groups is 1. The maximum atomic E-state index is 13.1. The number of phenolic OH excluding ortho intramolecular Hbond substituents is 1. The standard InChI is InChI=1S/C21H17N3O4/c1-2-24-16-9-4-3-8-14(16)19(26)17(21(24)28)18-15(20(27)23-22-18)11-12-6-5-7-13(25)10-12/h3-11,22,25H,2H2,1H3,(H,23,27)/b15-11+,18-17?. The van der Waals surface area contributed by atoms with Gasteiger partial charge in [-0.05, 0) is 42.8 Å². The number of aromatic amines is 2. The van der Waals surface area contributed by atoms with E-state index in [1.165, 1.54) is 23.1 Å². The summed E-state index contributed by atoms with van der Waals surface area (Å²) in [6, 6.07) is 13.2. The van der Waals surface area contributed by atoms with Gasteiger partial charge in [-0.2, -0.15) is 0 Å². The van der Waals surface area contributed by atoms with Crippen LogP contribution in [0.3, 0.4) is 0 Å². The molecule has 0 aliphatic carbocycles. The molecule has 0 radical (unpaired) electrons. The van der Waals surface area contributed by atoms with Crippen LogP contribution in [-0.4, -0.2) is 33.5 Å². The van der Waals surface area contributed by atoms with E-state index in [0.29, 0.717) is 23.4 Å². The van der Waals surface area contributed by atoms with E-state index in [-0.39, 0.29) is 21.9 Å². The van der Waals surface area contributed by atoms with Gasteiger partial charge >= 0.3 is 0 Å². The van der Waals surface area contributed by atoms with E-state index in [1.54, 1.807) is 36.4 Å². The van der Waals surface area contributed by atoms with Crippen LogP contribution in [0.2, 0.25) is 0 Å². The van der Waals surface area contributed by atoms with Crippen LogP contribution < -0.4 is 21.0 Å². The molecule has 0 atom stereocenters. The van der Waals surface area contributed by atoms with Crippen LogP contribution in [-0.2, 0) is 4.79 Å². The van der Waals surface area contributed by atoms with Gasteiger partial charge in [0.1, 0.15) is 11.3 Å². The number of hydrogen-bond acceptors (Lipinski definition) is 4. The van der Waals surface area contributed by atoms with Crippen molar-refractivity contribution in [1.82, 2.24) is 10.2 Å². The van der Waals surface area contributed by atoms with Crippen molar-refractivity contribution in [1.29, 1.82) is 0 Å². The van der Waals surface area contributed by atoms with Crippen molar-refractivity contribution in [3.8, 4) is 5.75 Å². The van der Waals surface area contributed by atoms with E-state index in [2.05, 4.69) is 10.2 Å². The van der Waals surface area contributed by atoms with E-state index < -0.39 is 17.2 Å². The van der Waals surface area contributed by atoms with E-state index in [9.17, 15) is 19.5 Å². The number of amides is 1. The van der Waals surface area contributed by atoms with Gasteiger partial charge in [0.15, 0.2) is 0 Å². The third-order valence-corrected chi connectivity index (χ3v) is 4.69. The molecular weight excluding hydrogens is 358 g/mol. The fourth-order valence-electron chi connectivity index (χ4n) is 3.40. The monoisotopic (exact) mass is 375 g/mol. The lowest BCUT2D eigenvalue weighted by Crippen LogP contribution is -2.45. The number of nitrogens with zero attached hydrogens (tertiary/aromatic N) is 1. The number of nitrogens with one attached hydrogen (secondary N) is 2. The predicted octanol–water partition coefficient (Wildman–Crippen LogP) is 0.637. The highest BCUT2D eigenvalue weighted by atomic mass is 16.3. The summed E-state index contributed by atoms with van der Waals surface area (Å²) in [4.78, 5) is 40.0. The molecule has 3 N–H and O–H groups in total. The molecule has 0 saturated heterocycles. The highest BCUT2D eigenvalue weighted by Crippen LogP contribution is 2.29. The summed E-state index contributed by atoms with van der Waals surface area (Å²) in [5.41, 5.74) is 0.971. The van der Waals surface area contributed by atoms with Crippen molar-refractivity contribution in [3.05, 3.63) is 80.6 Å². The van der Waals surface area contributed by atoms with Crippen molar-refractivity contribution in [2.45, 2.75) is 6.92 Å². The molecular formula is C21H17N3O4. The van der Waals surface area contributed by atoms with Gasteiger partial charge in [-0.1, -0.05) is 24.3 Å². The fraction of sp³-hybridized carbons (Fsp3) is 0.0952. The summed E-state index contributed by atoms with van der Waals surface area (Å²) >= 11 is 0. The first-order valence-corrected chi connectivity index (χ1v) is 8.78. The Balaban J connectivity index is 2.05. The first-order valence-electron chi connectivity index (χ1n) is 8.78. The Morgan fingerprint density at radius 2 is 1.82 bits per heavy atom. The lowest BCUT2D eigenvalue weighted by Gasteiger charge is -2.28. The van der Waals surface area contributed by atoms with Gasteiger partial charge in [-0.3, -0.25) is 24.6 Å². The number of fused-ring (bicyclic) bond motifs is 1. The second-order valence-corrected chi connectivity index (χ2v) is 6.38. The number of phenols is 1. The summed E-state index contributed by atoms with van der Waals surface area (Å²) in [6.45, 7) is 2.20. The normalized spacial score (nSPS) is 16.5. The van der Waals surface area contributed by atoms with Crippen molar-refractivity contribution in [2.24, 2.45) is 0 Å². The topological polar surface area (TPSA) is 106 Å². The SMILES string of the molecule is CCN1C(=O)C(=c2[nH][nH]c(=O)/c2=C/c2cccc(O)c2)C(=O)c2ccccc21. The van der Waals surface area contributed by atoms with E-state index in [4.69, 9.17) is 0 Å². The second kappa shape index (κ2) is 6.70. The molecule has 0 saturated carbocycles. The number of hydrogen-bond donors (Lipinski definition) is 3. The van der Waals surface area contributed by atoms with Crippen molar-refractivity contribution >= 4 is 29.0 Å². The number of para-hydroxylation sites is 1. The third-order valence-electron chi connectivity index (χ3n) is 4.69. The number of Topliss-reactive ketones (excluding diaryl/α,β-unsaturated/α-hetero) is 1. The molecule has 0 bridgehead atoms. The average Bonchev–Trinajstić information content (AvgIpc) is 3.03. The number of aromatic nitrogens is 2. The Bertz CT molecular complexity index is 1280. The number of carbonyl (C=O) groups is 2. The molecule has 7 heteroatoms. The molecule has 1 aliphatic heterocycles. The van der Waals surface area contributed by atoms with Crippen LogP contribution in [0.15, 0.2) is 53.3 Å². The summed E-state index contributed by atoms with van der Waals surface area (Å²) in [6.07, 6.45) is 1.52. The minimum absolute atomic E-state index is 0.0471. The zero-order valence-electron chi connectivity index (χ0n) is 15.0. The van der Waals surface area contributed by atoms with Crippen LogP contribution in [0.25, 0.3) is 11.6 Å². The maximum absolute atomic E-state index is 13.1. The Morgan fingerprint density at radius 1 is 1.04 bits per heavy atom. The molecule has 2 aromatic carbocycles. The minimum Gasteiger partial charge on any atom is -0.508 e. The highest BCUT2D eigenvalue weighted by molar-refractivity contribution is 6.51. The Kier molecular flexibility index (Phi) is 4.19. The lowest BCUT2D eigenvalue weighted by molar-refractivity contribution is -0.113. The summed E-state index contributed by atoms with van der Waals surface area (Å²) in [7, 11) is 0. The predicted molar refractivity (Wildman–Crippen MR) is 105 cm³/mol. The summed E-state index contributed by atoms with van der Waals surface area (Å²) < 4.78 is 0. The van der Waals surface area contributed by atoms with Crippen LogP contribution >= 0.6 is 0 Å². The van der Waals surface area contributed by atoms with Gasteiger partial charge in [0, 0.05) is 12.1 Å². The molecule has 0 fully saturated rings. The average molecular weight is 375 g/mol. The molecule has 7 nitrogen and oxygen atoms in total. The van der Waals surface area contributed by atoms with E-state index in [1.807, 2.05) is 6.92 Å². The quantitative estimate of drug-likeness (QED) is 0.611. The highest BCUT2D eigenvalue weighted by Gasteiger charge is 2.35. The molecule has 3 aromatic rings. The lowest BCUT2D eigenvalue weighted by atomic mass is 9.94. The van der Waals surface area contributed by atoms with Crippen LogP contribution in [0, 0.1) is 0 Å². The maximum Gasteiger partial charge on any atom is 0.271 e. The molecule has 2 heterocycles. The van der Waals surface area contributed by atoms with Gasteiger partial charge in [0.25, 0.3) is 11.5 Å². The van der Waals surface area contributed by atoms with Gasteiger partial charge in [0.05, 0.1) is 16.3 Å². The molecule has 1 amide bonds. The number of carbonyl (C=O) groups excluding carboxylic acids is 2. The first kappa shape index (κ1) is 17.5. The molecule has 1 aromatic heterocycles. The Labute approximate surface area is 159 Å². The van der Waals surface area contributed by atoms with Gasteiger partial charge < -0.3 is 10.0 Å². The molecule has 0 unspecified atom stereocenters. The van der Waals surface area contributed by atoms with Gasteiger partial charge in [-0.15, -0.1) is 0 Å². The molecule has 0 spiro atoms. The van der Waals surface area contributed by atoms with Crippen molar-refractivity contribution in [2.75, 3.05) is 11.4 Å². The molecule has 140 valence electrons. The van der Waals surface area contributed by atoms with E-state index >= 15 is 0 Å². The number of ketones is 1. The van der Waals surface area contributed by atoms with Crippen LogP contribution in [0.4, 0.5) is 5.69 Å². The Hall–Kier alpha value is -3.87. The molecule has 28 heavy (non-hydrogen) atoms. The summed E-state index contributed by atoms with van der Waals surface area (Å²) in [5, 5.41) is 15.1. The number of H-pyrrole nitrogens is 2. The zero-order valence-corrected chi connectivity index (χ0v) is 15.0. The second-order valence-electron chi connectivity index (χ2n) is 6.38.